The number of thioether (sulfide) groups is 1. The second-order valence-corrected chi connectivity index (χ2v) is 5.66. The van der Waals surface area contributed by atoms with E-state index >= 15 is 0 Å². The Morgan fingerprint density at radius 1 is 1.73 bits per heavy atom. The minimum atomic E-state index is -0.255. The molecule has 2 aliphatic heterocycles. The third-order valence-electron chi connectivity index (χ3n) is 3.10. The molecule has 0 aromatic carbocycles. The van der Waals surface area contributed by atoms with Crippen molar-refractivity contribution in [2.75, 3.05) is 12.3 Å². The molecule has 0 spiro atoms. The van der Waals surface area contributed by atoms with Gasteiger partial charge < -0.3 is 10.2 Å². The first-order chi connectivity index (χ1) is 7.08. The van der Waals surface area contributed by atoms with Crippen LogP contribution >= 0.6 is 11.8 Å². The van der Waals surface area contributed by atoms with Gasteiger partial charge in [-0.2, -0.15) is 0 Å². The summed E-state index contributed by atoms with van der Waals surface area (Å²) in [5.74, 6) is 0.844. The molecule has 0 aliphatic carbocycles. The molecule has 0 bridgehead atoms. The SMILES string of the molecule is CCNC(=O)[C@H]1CS[C@@]2(C)CCC(=O)N12. The predicted molar refractivity (Wildman–Crippen MR) is 59.4 cm³/mol. The van der Waals surface area contributed by atoms with Crippen LogP contribution in [-0.4, -0.2) is 39.9 Å². The van der Waals surface area contributed by atoms with E-state index in [0.29, 0.717) is 13.0 Å². The minimum absolute atomic E-state index is 0.0102. The molecule has 2 rings (SSSR count). The smallest absolute Gasteiger partial charge is 0.243 e. The fraction of sp³-hybridized carbons (Fsp3) is 0.800. The maximum absolute atomic E-state index is 11.8. The molecule has 0 saturated carbocycles. The maximum atomic E-state index is 11.8. The molecule has 0 radical (unpaired) electrons. The van der Waals surface area contributed by atoms with Gasteiger partial charge in [0.1, 0.15) is 6.04 Å². The number of carbonyl (C=O) groups excluding carboxylic acids is 2. The van der Waals surface area contributed by atoms with Crippen molar-refractivity contribution in [3.8, 4) is 0 Å². The van der Waals surface area contributed by atoms with Crippen molar-refractivity contribution in [1.82, 2.24) is 10.2 Å². The number of likely N-dealkylation sites (N-methyl/N-ethyl adjacent to an activating group) is 1. The third kappa shape index (κ3) is 1.62. The highest BCUT2D eigenvalue weighted by Crippen LogP contribution is 2.47. The topological polar surface area (TPSA) is 49.4 Å². The van der Waals surface area contributed by atoms with Crippen molar-refractivity contribution in [3.05, 3.63) is 0 Å². The molecule has 1 N–H and O–H groups in total. The highest BCUT2D eigenvalue weighted by molar-refractivity contribution is 8.01. The summed E-state index contributed by atoms with van der Waals surface area (Å²) in [5, 5.41) is 2.79. The summed E-state index contributed by atoms with van der Waals surface area (Å²) in [7, 11) is 0. The fourth-order valence-electron chi connectivity index (χ4n) is 2.31. The van der Waals surface area contributed by atoms with Crippen molar-refractivity contribution >= 4 is 23.6 Å². The Morgan fingerprint density at radius 2 is 2.47 bits per heavy atom. The normalized spacial score (nSPS) is 34.4. The first-order valence-electron chi connectivity index (χ1n) is 5.32. The van der Waals surface area contributed by atoms with E-state index in [-0.39, 0.29) is 22.7 Å². The largest absolute Gasteiger partial charge is 0.355 e. The second kappa shape index (κ2) is 3.70. The van der Waals surface area contributed by atoms with Crippen LogP contribution in [-0.2, 0) is 9.59 Å². The first kappa shape index (κ1) is 10.8. The molecule has 0 aromatic rings. The summed E-state index contributed by atoms with van der Waals surface area (Å²) in [6, 6.07) is -0.255. The van der Waals surface area contributed by atoms with E-state index in [2.05, 4.69) is 12.2 Å². The molecular formula is C10H16N2O2S. The second-order valence-electron chi connectivity index (χ2n) is 4.16. The van der Waals surface area contributed by atoms with Crippen molar-refractivity contribution < 1.29 is 9.59 Å². The molecule has 2 saturated heterocycles. The Balaban J connectivity index is 2.16. The molecule has 84 valence electrons. The summed E-state index contributed by atoms with van der Waals surface area (Å²) in [6.07, 6.45) is 1.45. The number of nitrogens with one attached hydrogen (secondary N) is 1. The van der Waals surface area contributed by atoms with E-state index in [1.165, 1.54) is 0 Å². The van der Waals surface area contributed by atoms with Crippen LogP contribution in [0.25, 0.3) is 0 Å². The third-order valence-corrected chi connectivity index (χ3v) is 4.60. The number of carbonyl (C=O) groups is 2. The Morgan fingerprint density at radius 3 is 3.13 bits per heavy atom. The monoisotopic (exact) mass is 228 g/mol. The van der Waals surface area contributed by atoms with Gasteiger partial charge in [0.2, 0.25) is 11.8 Å². The zero-order valence-electron chi connectivity index (χ0n) is 9.08. The van der Waals surface area contributed by atoms with Crippen LogP contribution in [0.2, 0.25) is 0 Å². The van der Waals surface area contributed by atoms with E-state index in [1.54, 1.807) is 16.7 Å². The summed E-state index contributed by atoms with van der Waals surface area (Å²) in [5.41, 5.74) is 0. The van der Waals surface area contributed by atoms with Crippen LogP contribution in [0.4, 0.5) is 0 Å². The zero-order chi connectivity index (χ0) is 11.1. The number of rotatable bonds is 2. The summed E-state index contributed by atoms with van der Waals surface area (Å²) in [6.45, 7) is 4.57. The lowest BCUT2D eigenvalue weighted by Crippen LogP contribution is -2.50. The van der Waals surface area contributed by atoms with Crippen molar-refractivity contribution in [1.29, 1.82) is 0 Å². The van der Waals surface area contributed by atoms with Gasteiger partial charge in [-0.25, -0.2) is 0 Å². The van der Waals surface area contributed by atoms with E-state index in [9.17, 15) is 9.59 Å². The zero-order valence-corrected chi connectivity index (χ0v) is 9.89. The number of amides is 2. The standard InChI is InChI=1S/C10H16N2O2S/c1-3-11-9(14)7-6-15-10(2)5-4-8(13)12(7)10/h7H,3-6H2,1-2H3,(H,11,14)/t7-,10+/m1/s1. The Kier molecular flexibility index (Phi) is 2.66. The van der Waals surface area contributed by atoms with Crippen LogP contribution in [0.5, 0.6) is 0 Å². The van der Waals surface area contributed by atoms with Gasteiger partial charge in [-0.15, -0.1) is 11.8 Å². The molecule has 4 nitrogen and oxygen atoms in total. The van der Waals surface area contributed by atoms with Gasteiger partial charge in [-0.1, -0.05) is 0 Å². The molecule has 0 unspecified atom stereocenters. The van der Waals surface area contributed by atoms with E-state index in [4.69, 9.17) is 0 Å². The van der Waals surface area contributed by atoms with Crippen molar-refractivity contribution in [2.24, 2.45) is 0 Å². The fourth-order valence-corrected chi connectivity index (χ4v) is 3.74. The van der Waals surface area contributed by atoms with Crippen LogP contribution < -0.4 is 5.32 Å². The molecule has 2 amide bonds. The van der Waals surface area contributed by atoms with Gasteiger partial charge >= 0.3 is 0 Å². The van der Waals surface area contributed by atoms with Gasteiger partial charge in [-0.3, -0.25) is 9.59 Å². The highest BCUT2D eigenvalue weighted by atomic mass is 32.2. The van der Waals surface area contributed by atoms with Crippen molar-refractivity contribution in [2.45, 2.75) is 37.6 Å². The first-order valence-corrected chi connectivity index (χ1v) is 6.31. The quantitative estimate of drug-likeness (QED) is 0.752. The number of fused-ring (bicyclic) bond motifs is 1. The average Bonchev–Trinajstić information content (AvgIpc) is 2.66. The average molecular weight is 228 g/mol. The number of hydrogen-bond acceptors (Lipinski definition) is 3. The minimum Gasteiger partial charge on any atom is -0.355 e. The molecular weight excluding hydrogens is 212 g/mol. The Bertz CT molecular complexity index is 308. The van der Waals surface area contributed by atoms with Gasteiger partial charge in [0.05, 0.1) is 4.87 Å². The Hall–Kier alpha value is -0.710. The summed E-state index contributed by atoms with van der Waals surface area (Å²) < 4.78 is 0. The van der Waals surface area contributed by atoms with Crippen LogP contribution in [0.3, 0.4) is 0 Å². The summed E-state index contributed by atoms with van der Waals surface area (Å²) in [4.78, 5) is 25.1. The highest BCUT2D eigenvalue weighted by Gasteiger charge is 2.52. The summed E-state index contributed by atoms with van der Waals surface area (Å²) >= 11 is 1.73. The van der Waals surface area contributed by atoms with Crippen molar-refractivity contribution in [3.63, 3.8) is 0 Å². The lowest BCUT2D eigenvalue weighted by molar-refractivity contribution is -0.137. The van der Waals surface area contributed by atoms with Gasteiger partial charge in [0, 0.05) is 18.7 Å². The van der Waals surface area contributed by atoms with Crippen LogP contribution in [0.1, 0.15) is 26.7 Å². The molecule has 5 heteroatoms. The molecule has 2 fully saturated rings. The molecule has 2 aliphatic rings. The van der Waals surface area contributed by atoms with Gasteiger partial charge in [-0.05, 0) is 20.3 Å². The van der Waals surface area contributed by atoms with Crippen LogP contribution in [0.15, 0.2) is 0 Å². The Labute approximate surface area is 93.8 Å². The lowest BCUT2D eigenvalue weighted by Gasteiger charge is -2.29. The molecule has 2 atom stereocenters. The maximum Gasteiger partial charge on any atom is 0.243 e. The predicted octanol–water partition coefficient (Wildman–Crippen LogP) is 0.576. The van der Waals surface area contributed by atoms with E-state index in [0.717, 1.165) is 12.2 Å². The van der Waals surface area contributed by atoms with E-state index < -0.39 is 0 Å². The lowest BCUT2D eigenvalue weighted by atomic mass is 10.2. The van der Waals surface area contributed by atoms with Crippen LogP contribution in [0, 0.1) is 0 Å². The number of nitrogens with zero attached hydrogens (tertiary/aromatic N) is 1. The molecule has 15 heavy (non-hydrogen) atoms. The van der Waals surface area contributed by atoms with Gasteiger partial charge in [0.25, 0.3) is 0 Å². The molecule has 2 heterocycles. The molecule has 0 aromatic heterocycles. The van der Waals surface area contributed by atoms with Gasteiger partial charge in [0.15, 0.2) is 0 Å². The number of hydrogen-bond donors (Lipinski definition) is 1. The van der Waals surface area contributed by atoms with E-state index in [1.807, 2.05) is 6.92 Å².